The van der Waals surface area contributed by atoms with E-state index in [-0.39, 0.29) is 12.2 Å². The zero-order valence-electron chi connectivity index (χ0n) is 13.0. The SMILES string of the molecule is O=C(NCCC#Cc1cccc(C(F)F)c1)OCc1ccccc1. The highest BCUT2D eigenvalue weighted by Gasteiger charge is 2.05. The molecule has 0 fully saturated rings. The highest BCUT2D eigenvalue weighted by molar-refractivity contribution is 5.67. The van der Waals surface area contributed by atoms with Crippen LogP contribution in [-0.4, -0.2) is 12.6 Å². The smallest absolute Gasteiger partial charge is 0.407 e. The first-order chi connectivity index (χ1) is 11.6. The van der Waals surface area contributed by atoms with E-state index in [2.05, 4.69) is 17.2 Å². The second-order valence-electron chi connectivity index (χ2n) is 4.97. The highest BCUT2D eigenvalue weighted by Crippen LogP contribution is 2.18. The molecule has 3 nitrogen and oxygen atoms in total. The Balaban J connectivity index is 1.69. The lowest BCUT2D eigenvalue weighted by Gasteiger charge is -2.05. The fraction of sp³-hybridized carbons (Fsp3) is 0.211. The number of rotatable bonds is 5. The number of hydrogen-bond acceptors (Lipinski definition) is 2. The van der Waals surface area contributed by atoms with Gasteiger partial charge in [0.05, 0.1) is 0 Å². The van der Waals surface area contributed by atoms with Crippen LogP contribution in [0.15, 0.2) is 54.6 Å². The van der Waals surface area contributed by atoms with Crippen LogP contribution in [0.25, 0.3) is 0 Å². The maximum atomic E-state index is 12.6. The second-order valence-corrected chi connectivity index (χ2v) is 4.97. The van der Waals surface area contributed by atoms with Gasteiger partial charge in [-0.2, -0.15) is 0 Å². The minimum atomic E-state index is -2.51. The Hall–Kier alpha value is -2.87. The van der Waals surface area contributed by atoms with Gasteiger partial charge >= 0.3 is 6.09 Å². The molecule has 124 valence electrons. The van der Waals surface area contributed by atoms with Gasteiger partial charge in [0.1, 0.15) is 6.61 Å². The summed E-state index contributed by atoms with van der Waals surface area (Å²) in [6.45, 7) is 0.536. The van der Waals surface area contributed by atoms with Crippen LogP contribution in [0.2, 0.25) is 0 Å². The molecule has 0 bridgehead atoms. The maximum Gasteiger partial charge on any atom is 0.407 e. The number of benzene rings is 2. The number of halogens is 2. The number of alkyl carbamates (subject to hydrolysis) is 1. The summed E-state index contributed by atoms with van der Waals surface area (Å²) in [6, 6.07) is 15.3. The quantitative estimate of drug-likeness (QED) is 0.656. The number of carbonyl (C=O) groups excluding carboxylic acids is 1. The van der Waals surface area contributed by atoms with E-state index in [1.807, 2.05) is 30.3 Å². The van der Waals surface area contributed by atoms with E-state index in [0.717, 1.165) is 5.56 Å². The fourth-order valence-electron chi connectivity index (χ4n) is 1.92. The van der Waals surface area contributed by atoms with E-state index in [4.69, 9.17) is 4.74 Å². The topological polar surface area (TPSA) is 38.3 Å². The van der Waals surface area contributed by atoms with Gasteiger partial charge in [0.15, 0.2) is 0 Å². The fourth-order valence-corrected chi connectivity index (χ4v) is 1.92. The molecule has 0 unspecified atom stereocenters. The molecule has 1 amide bonds. The number of hydrogen-bond donors (Lipinski definition) is 1. The van der Waals surface area contributed by atoms with Crippen molar-refractivity contribution >= 4 is 6.09 Å². The van der Waals surface area contributed by atoms with Gasteiger partial charge in [-0.25, -0.2) is 13.6 Å². The van der Waals surface area contributed by atoms with Crippen LogP contribution >= 0.6 is 0 Å². The normalized spacial score (nSPS) is 9.96. The predicted molar refractivity (Wildman–Crippen MR) is 87.5 cm³/mol. The average Bonchev–Trinajstić information content (AvgIpc) is 2.61. The maximum absolute atomic E-state index is 12.6. The van der Waals surface area contributed by atoms with Crippen molar-refractivity contribution in [3.63, 3.8) is 0 Å². The summed E-state index contributed by atoms with van der Waals surface area (Å²) < 4.78 is 30.2. The molecule has 24 heavy (non-hydrogen) atoms. The molecule has 0 saturated heterocycles. The molecular formula is C19H17F2NO2. The van der Waals surface area contributed by atoms with Crippen molar-refractivity contribution in [2.75, 3.05) is 6.54 Å². The number of amides is 1. The third kappa shape index (κ3) is 6.09. The van der Waals surface area contributed by atoms with Crippen LogP contribution in [0.3, 0.4) is 0 Å². The van der Waals surface area contributed by atoms with E-state index in [1.54, 1.807) is 12.1 Å². The molecule has 2 aromatic carbocycles. The summed E-state index contributed by atoms with van der Waals surface area (Å²) in [5.41, 5.74) is 1.38. The van der Waals surface area contributed by atoms with Gasteiger partial charge in [-0.05, 0) is 17.7 Å². The van der Waals surface area contributed by atoms with Gasteiger partial charge in [0.2, 0.25) is 0 Å². The first-order valence-corrected chi connectivity index (χ1v) is 7.46. The Kier molecular flexibility index (Phi) is 6.78. The van der Waals surface area contributed by atoms with Gasteiger partial charge in [-0.1, -0.05) is 54.3 Å². The van der Waals surface area contributed by atoms with Crippen molar-refractivity contribution in [1.82, 2.24) is 5.32 Å². The molecule has 2 aromatic rings. The van der Waals surface area contributed by atoms with E-state index < -0.39 is 12.5 Å². The minimum absolute atomic E-state index is 0.0515. The molecule has 0 atom stereocenters. The predicted octanol–water partition coefficient (Wildman–Crippen LogP) is 4.29. The van der Waals surface area contributed by atoms with Crippen LogP contribution in [0.5, 0.6) is 0 Å². The molecule has 0 heterocycles. The third-order valence-corrected chi connectivity index (χ3v) is 3.10. The summed E-state index contributed by atoms with van der Waals surface area (Å²) in [4.78, 5) is 11.5. The summed E-state index contributed by atoms with van der Waals surface area (Å²) >= 11 is 0. The molecular weight excluding hydrogens is 312 g/mol. The molecule has 0 spiro atoms. The van der Waals surface area contributed by atoms with Crippen LogP contribution in [0.1, 0.15) is 29.5 Å². The Labute approximate surface area is 139 Å². The summed E-state index contributed by atoms with van der Waals surface area (Å²) in [6.07, 6.45) is -2.62. The molecule has 0 saturated carbocycles. The molecule has 0 aliphatic rings. The van der Waals surface area contributed by atoms with Crippen LogP contribution in [0, 0.1) is 11.8 Å². The summed E-state index contributed by atoms with van der Waals surface area (Å²) in [7, 11) is 0. The van der Waals surface area contributed by atoms with Crippen molar-refractivity contribution in [2.45, 2.75) is 19.5 Å². The Morgan fingerprint density at radius 1 is 1.12 bits per heavy atom. The summed E-state index contributed by atoms with van der Waals surface area (Å²) in [5.74, 6) is 5.63. The Bertz CT molecular complexity index is 721. The second kappa shape index (κ2) is 9.31. The summed E-state index contributed by atoms with van der Waals surface area (Å²) in [5, 5.41) is 2.59. The van der Waals surface area contributed by atoms with Crippen LogP contribution in [0.4, 0.5) is 13.6 Å². The number of carbonyl (C=O) groups is 1. The molecule has 0 aromatic heterocycles. The third-order valence-electron chi connectivity index (χ3n) is 3.10. The van der Waals surface area contributed by atoms with Gasteiger partial charge in [-0.3, -0.25) is 0 Å². The molecule has 0 aliphatic carbocycles. The van der Waals surface area contributed by atoms with E-state index >= 15 is 0 Å². The lowest BCUT2D eigenvalue weighted by molar-refractivity contribution is 0.140. The van der Waals surface area contributed by atoms with E-state index in [0.29, 0.717) is 18.5 Å². The van der Waals surface area contributed by atoms with Crippen LogP contribution in [-0.2, 0) is 11.3 Å². The first kappa shape index (κ1) is 17.5. The monoisotopic (exact) mass is 329 g/mol. The van der Waals surface area contributed by atoms with Gasteiger partial charge in [0.25, 0.3) is 6.43 Å². The number of nitrogens with one attached hydrogen (secondary N) is 1. The van der Waals surface area contributed by atoms with Gasteiger partial charge in [-0.15, -0.1) is 0 Å². The minimum Gasteiger partial charge on any atom is -0.445 e. The zero-order chi connectivity index (χ0) is 17.2. The number of alkyl halides is 2. The van der Waals surface area contributed by atoms with Gasteiger partial charge < -0.3 is 10.1 Å². The van der Waals surface area contributed by atoms with Crippen molar-refractivity contribution in [2.24, 2.45) is 0 Å². The lowest BCUT2D eigenvalue weighted by Crippen LogP contribution is -2.24. The molecule has 0 aliphatic heterocycles. The molecule has 0 radical (unpaired) electrons. The Morgan fingerprint density at radius 2 is 1.92 bits per heavy atom. The molecule has 1 N–H and O–H groups in total. The van der Waals surface area contributed by atoms with Gasteiger partial charge in [0, 0.05) is 24.1 Å². The van der Waals surface area contributed by atoms with Crippen molar-refractivity contribution in [1.29, 1.82) is 0 Å². The van der Waals surface area contributed by atoms with Crippen molar-refractivity contribution < 1.29 is 18.3 Å². The van der Waals surface area contributed by atoms with Crippen LogP contribution < -0.4 is 5.32 Å². The largest absolute Gasteiger partial charge is 0.445 e. The lowest BCUT2D eigenvalue weighted by atomic mass is 10.1. The molecule has 2 rings (SSSR count). The average molecular weight is 329 g/mol. The zero-order valence-corrected chi connectivity index (χ0v) is 13.0. The molecule has 5 heteroatoms. The van der Waals surface area contributed by atoms with E-state index in [1.165, 1.54) is 12.1 Å². The highest BCUT2D eigenvalue weighted by atomic mass is 19.3. The number of ether oxygens (including phenoxy) is 1. The standard InChI is InChI=1S/C19H17F2NO2/c20-18(21)17-11-6-10-15(13-17)7-4-5-12-22-19(23)24-14-16-8-2-1-3-9-16/h1-3,6,8-11,13,18H,5,12,14H2,(H,22,23). The first-order valence-electron chi connectivity index (χ1n) is 7.46. The van der Waals surface area contributed by atoms with Crippen molar-refractivity contribution in [3.8, 4) is 11.8 Å². The Morgan fingerprint density at radius 3 is 2.67 bits per heavy atom. The van der Waals surface area contributed by atoms with E-state index in [9.17, 15) is 13.6 Å². The van der Waals surface area contributed by atoms with Crippen molar-refractivity contribution in [3.05, 3.63) is 71.3 Å².